The lowest BCUT2D eigenvalue weighted by molar-refractivity contribution is 0.660. The molecule has 1 aromatic heterocycles. The predicted molar refractivity (Wildman–Crippen MR) is 245 cm³/mol. The van der Waals surface area contributed by atoms with Crippen LogP contribution in [0.2, 0.25) is 0 Å². The Balaban J connectivity index is 1.25. The van der Waals surface area contributed by atoms with Crippen molar-refractivity contribution in [3.8, 4) is 44.5 Å². The Morgan fingerprint density at radius 3 is 1.75 bits per heavy atom. The molecular formula is C55H39NS. The SMILES string of the molecule is CC1(C)c2ccccc2-c2ccc(N(c3ccccc3-c3ccc(-c4ccccc4)cc3)c3c(-c4ccccc4)c4c5ccccc5sc4c4ccccc34)cc21. The Bertz CT molecular complexity index is 3140. The Morgan fingerprint density at radius 1 is 0.421 bits per heavy atom. The Hall–Kier alpha value is -6.74. The summed E-state index contributed by atoms with van der Waals surface area (Å²) in [6.45, 7) is 4.75. The number of hydrogen-bond donors (Lipinski definition) is 0. The highest BCUT2D eigenvalue weighted by Crippen LogP contribution is 2.56. The number of para-hydroxylation sites is 1. The maximum Gasteiger partial charge on any atom is 0.0625 e. The number of rotatable bonds is 6. The van der Waals surface area contributed by atoms with Crippen LogP contribution in [0.3, 0.4) is 0 Å². The summed E-state index contributed by atoms with van der Waals surface area (Å²) < 4.78 is 2.62. The van der Waals surface area contributed by atoms with Crippen molar-refractivity contribution in [3.63, 3.8) is 0 Å². The highest BCUT2D eigenvalue weighted by molar-refractivity contribution is 7.26. The third kappa shape index (κ3) is 5.29. The van der Waals surface area contributed by atoms with E-state index in [2.05, 4.69) is 219 Å². The minimum Gasteiger partial charge on any atom is -0.309 e. The van der Waals surface area contributed by atoms with Crippen molar-refractivity contribution in [1.82, 2.24) is 0 Å². The number of nitrogens with zero attached hydrogens (tertiary/aromatic N) is 1. The van der Waals surface area contributed by atoms with Crippen LogP contribution >= 0.6 is 11.3 Å². The van der Waals surface area contributed by atoms with Gasteiger partial charge in [0.15, 0.2) is 0 Å². The molecule has 1 aliphatic rings. The molecule has 9 aromatic carbocycles. The van der Waals surface area contributed by atoms with E-state index >= 15 is 0 Å². The molecule has 2 heteroatoms. The topological polar surface area (TPSA) is 3.24 Å². The van der Waals surface area contributed by atoms with E-state index in [0.717, 1.165) is 11.4 Å². The largest absolute Gasteiger partial charge is 0.309 e. The molecule has 57 heavy (non-hydrogen) atoms. The lowest BCUT2D eigenvalue weighted by Crippen LogP contribution is -2.17. The molecule has 0 bridgehead atoms. The van der Waals surface area contributed by atoms with Crippen LogP contribution in [-0.2, 0) is 5.41 Å². The van der Waals surface area contributed by atoms with Crippen molar-refractivity contribution in [2.24, 2.45) is 0 Å². The molecule has 0 saturated carbocycles. The first-order chi connectivity index (χ1) is 28.1. The molecule has 10 aromatic rings. The minimum atomic E-state index is -0.155. The van der Waals surface area contributed by atoms with Gasteiger partial charge in [0.1, 0.15) is 0 Å². The first-order valence-electron chi connectivity index (χ1n) is 19.8. The third-order valence-corrected chi connectivity index (χ3v) is 13.3. The maximum absolute atomic E-state index is 2.58. The quantitative estimate of drug-likeness (QED) is 0.164. The van der Waals surface area contributed by atoms with Gasteiger partial charge in [-0.2, -0.15) is 0 Å². The molecule has 1 nitrogen and oxygen atoms in total. The molecule has 1 heterocycles. The van der Waals surface area contributed by atoms with Gasteiger partial charge in [-0.05, 0) is 68.8 Å². The molecule has 270 valence electrons. The van der Waals surface area contributed by atoms with Crippen molar-refractivity contribution in [3.05, 3.63) is 211 Å². The standard InChI is InChI=1S/C55H39NS/c1-55(2)47-26-14-11-22-42(47)43-34-33-40(35-48(43)55)56(49-27-15-12-21-41(49)38-31-29-37(30-32-38)36-17-5-3-6-18-36)53-44-23-9-10-24-45(44)54-52(46-25-13-16-28-50(46)57-54)51(53)39-19-7-4-8-20-39/h3-35H,1-2H3. The number of fused-ring (bicyclic) bond motifs is 8. The Morgan fingerprint density at radius 2 is 0.982 bits per heavy atom. The number of anilines is 3. The van der Waals surface area contributed by atoms with E-state index in [1.54, 1.807) is 0 Å². The van der Waals surface area contributed by atoms with Crippen LogP contribution in [0.4, 0.5) is 17.1 Å². The zero-order valence-electron chi connectivity index (χ0n) is 31.9. The van der Waals surface area contributed by atoms with E-state index in [-0.39, 0.29) is 5.41 Å². The normalized spacial score (nSPS) is 12.9. The average molecular weight is 746 g/mol. The summed E-state index contributed by atoms with van der Waals surface area (Å²) in [7, 11) is 0. The van der Waals surface area contributed by atoms with Crippen molar-refractivity contribution in [1.29, 1.82) is 0 Å². The van der Waals surface area contributed by atoms with Gasteiger partial charge < -0.3 is 4.90 Å². The first kappa shape index (κ1) is 33.6. The summed E-state index contributed by atoms with van der Waals surface area (Å²) in [6, 6.07) is 73.9. The van der Waals surface area contributed by atoms with E-state index in [9.17, 15) is 0 Å². The summed E-state index contributed by atoms with van der Waals surface area (Å²) in [5, 5.41) is 5.09. The van der Waals surface area contributed by atoms with Gasteiger partial charge in [-0.1, -0.05) is 190 Å². The number of benzene rings is 9. The van der Waals surface area contributed by atoms with E-state index in [1.165, 1.54) is 92.3 Å². The molecule has 0 aliphatic heterocycles. The monoisotopic (exact) mass is 745 g/mol. The fourth-order valence-electron chi connectivity index (χ4n) is 9.35. The second-order valence-electron chi connectivity index (χ2n) is 15.6. The van der Waals surface area contributed by atoms with E-state index in [4.69, 9.17) is 0 Å². The van der Waals surface area contributed by atoms with Gasteiger partial charge in [-0.15, -0.1) is 11.3 Å². The van der Waals surface area contributed by atoms with Crippen molar-refractivity contribution >= 4 is 59.3 Å². The van der Waals surface area contributed by atoms with Crippen LogP contribution in [0.15, 0.2) is 200 Å². The molecule has 1 aliphatic carbocycles. The lowest BCUT2D eigenvalue weighted by Gasteiger charge is -2.33. The predicted octanol–water partition coefficient (Wildman–Crippen LogP) is 16.0. The fraction of sp³-hybridized carbons (Fsp3) is 0.0545. The van der Waals surface area contributed by atoms with Crippen LogP contribution in [0.25, 0.3) is 75.5 Å². The van der Waals surface area contributed by atoms with Gasteiger partial charge in [0.25, 0.3) is 0 Å². The molecular weight excluding hydrogens is 707 g/mol. The van der Waals surface area contributed by atoms with Gasteiger partial charge in [0.2, 0.25) is 0 Å². The number of hydrogen-bond acceptors (Lipinski definition) is 2. The summed E-state index contributed by atoms with van der Waals surface area (Å²) in [5.74, 6) is 0. The smallest absolute Gasteiger partial charge is 0.0625 e. The molecule has 11 rings (SSSR count). The highest BCUT2D eigenvalue weighted by atomic mass is 32.1. The summed E-state index contributed by atoms with van der Waals surface area (Å²) in [4.78, 5) is 2.58. The minimum absolute atomic E-state index is 0.155. The van der Waals surface area contributed by atoms with Gasteiger partial charge in [-0.25, -0.2) is 0 Å². The van der Waals surface area contributed by atoms with E-state index < -0.39 is 0 Å². The molecule has 0 spiro atoms. The Labute approximate surface area is 337 Å². The second kappa shape index (κ2) is 13.2. The van der Waals surface area contributed by atoms with Crippen LogP contribution in [0, 0.1) is 0 Å². The average Bonchev–Trinajstić information content (AvgIpc) is 3.77. The van der Waals surface area contributed by atoms with E-state index in [0.29, 0.717) is 0 Å². The molecule has 0 amide bonds. The van der Waals surface area contributed by atoms with Gasteiger partial charge in [-0.3, -0.25) is 0 Å². The summed E-state index contributed by atoms with van der Waals surface area (Å²) in [6.07, 6.45) is 0. The zero-order chi connectivity index (χ0) is 38.1. The molecule has 0 N–H and O–H groups in total. The number of thiophene rings is 1. The highest BCUT2D eigenvalue weighted by Gasteiger charge is 2.36. The van der Waals surface area contributed by atoms with Crippen LogP contribution in [0.5, 0.6) is 0 Å². The van der Waals surface area contributed by atoms with Crippen molar-refractivity contribution in [2.75, 3.05) is 4.90 Å². The summed E-state index contributed by atoms with van der Waals surface area (Å²) in [5.41, 5.74) is 15.9. The maximum atomic E-state index is 2.58. The summed E-state index contributed by atoms with van der Waals surface area (Å²) >= 11 is 1.90. The van der Waals surface area contributed by atoms with Gasteiger partial charge in [0, 0.05) is 53.2 Å². The van der Waals surface area contributed by atoms with Gasteiger partial charge in [0.05, 0.1) is 11.4 Å². The molecule has 0 saturated heterocycles. The van der Waals surface area contributed by atoms with Crippen molar-refractivity contribution < 1.29 is 0 Å². The molecule has 0 fully saturated rings. The van der Waals surface area contributed by atoms with Gasteiger partial charge >= 0.3 is 0 Å². The van der Waals surface area contributed by atoms with Crippen LogP contribution in [0.1, 0.15) is 25.0 Å². The lowest BCUT2D eigenvalue weighted by atomic mass is 9.82. The zero-order valence-corrected chi connectivity index (χ0v) is 32.7. The van der Waals surface area contributed by atoms with Crippen LogP contribution < -0.4 is 4.90 Å². The third-order valence-electron chi connectivity index (χ3n) is 12.1. The fourth-order valence-corrected chi connectivity index (χ4v) is 10.6. The van der Waals surface area contributed by atoms with E-state index in [1.807, 2.05) is 11.3 Å². The molecule has 0 radical (unpaired) electrons. The first-order valence-corrected chi connectivity index (χ1v) is 20.6. The molecule has 0 unspecified atom stereocenters. The Kier molecular flexibility index (Phi) is 7.77. The van der Waals surface area contributed by atoms with Crippen LogP contribution in [-0.4, -0.2) is 0 Å². The van der Waals surface area contributed by atoms with Crippen molar-refractivity contribution in [2.45, 2.75) is 19.3 Å². The second-order valence-corrected chi connectivity index (χ2v) is 16.7. The molecule has 0 atom stereocenters.